The largest absolute Gasteiger partial charge is 0.353 e. The normalized spacial score (nSPS) is 19.7. The Bertz CT molecular complexity index is 385. The van der Waals surface area contributed by atoms with Gasteiger partial charge in [-0.3, -0.25) is 0 Å². The third-order valence-electron chi connectivity index (χ3n) is 3.82. The summed E-state index contributed by atoms with van der Waals surface area (Å²) in [5.41, 5.74) is 1.12. The van der Waals surface area contributed by atoms with Crippen molar-refractivity contribution in [3.8, 4) is 0 Å². The van der Waals surface area contributed by atoms with Crippen molar-refractivity contribution in [2.24, 2.45) is 0 Å². The lowest BCUT2D eigenvalue weighted by Gasteiger charge is -2.34. The molecule has 2 rings (SSSR count). The van der Waals surface area contributed by atoms with Gasteiger partial charge in [0.05, 0.1) is 0 Å². The van der Waals surface area contributed by atoms with Crippen LogP contribution in [0.2, 0.25) is 0 Å². The second kappa shape index (κ2) is 6.85. The first kappa shape index (κ1) is 14.3. The summed E-state index contributed by atoms with van der Waals surface area (Å²) in [5.74, 6) is 1.06. The van der Waals surface area contributed by atoms with Crippen molar-refractivity contribution >= 4 is 5.82 Å². The Hall–Kier alpha value is -1.16. The summed E-state index contributed by atoms with van der Waals surface area (Å²) >= 11 is 0. The Morgan fingerprint density at radius 1 is 1.37 bits per heavy atom. The van der Waals surface area contributed by atoms with Crippen LogP contribution in [0, 0.1) is 0 Å². The predicted molar refractivity (Wildman–Crippen MR) is 79.5 cm³/mol. The number of rotatable bonds is 5. The van der Waals surface area contributed by atoms with Gasteiger partial charge in [0.2, 0.25) is 0 Å². The fourth-order valence-electron chi connectivity index (χ4n) is 2.62. The van der Waals surface area contributed by atoms with E-state index in [2.05, 4.69) is 47.0 Å². The summed E-state index contributed by atoms with van der Waals surface area (Å²) in [6.07, 6.45) is 6.58. The van der Waals surface area contributed by atoms with Gasteiger partial charge in [-0.25, -0.2) is 9.97 Å². The third kappa shape index (κ3) is 3.90. The van der Waals surface area contributed by atoms with Crippen LogP contribution < -0.4 is 10.2 Å². The number of aryl methyl sites for hydroxylation is 1. The van der Waals surface area contributed by atoms with Crippen LogP contribution in [-0.2, 0) is 6.42 Å². The molecule has 0 radical (unpaired) electrons. The molecule has 1 unspecified atom stereocenters. The Morgan fingerprint density at radius 2 is 2.21 bits per heavy atom. The van der Waals surface area contributed by atoms with Gasteiger partial charge in [0, 0.05) is 30.4 Å². The highest BCUT2D eigenvalue weighted by Gasteiger charge is 2.20. The Balaban J connectivity index is 2.09. The van der Waals surface area contributed by atoms with Crippen LogP contribution in [0.5, 0.6) is 0 Å². The average Bonchev–Trinajstić information content (AvgIpc) is 2.45. The molecule has 1 saturated heterocycles. The predicted octanol–water partition coefficient (Wildman–Crippen LogP) is 2.40. The van der Waals surface area contributed by atoms with E-state index >= 15 is 0 Å². The van der Waals surface area contributed by atoms with E-state index in [-0.39, 0.29) is 0 Å². The van der Waals surface area contributed by atoms with Gasteiger partial charge in [-0.1, -0.05) is 13.3 Å². The molecule has 0 bridgehead atoms. The molecule has 4 nitrogen and oxygen atoms in total. The molecule has 0 aromatic carbocycles. The molecule has 1 atom stereocenters. The van der Waals surface area contributed by atoms with Gasteiger partial charge in [-0.2, -0.15) is 0 Å². The van der Waals surface area contributed by atoms with Gasteiger partial charge in [-0.05, 0) is 39.7 Å². The number of piperidine rings is 1. The highest BCUT2D eigenvalue weighted by molar-refractivity contribution is 5.40. The molecular formula is C15H26N4. The first-order valence-corrected chi connectivity index (χ1v) is 7.51. The van der Waals surface area contributed by atoms with Crippen molar-refractivity contribution in [3.05, 3.63) is 18.1 Å². The minimum absolute atomic E-state index is 0.461. The van der Waals surface area contributed by atoms with Gasteiger partial charge in [0.15, 0.2) is 0 Å². The molecule has 19 heavy (non-hydrogen) atoms. The molecule has 1 aliphatic heterocycles. The van der Waals surface area contributed by atoms with Gasteiger partial charge in [0.1, 0.15) is 12.1 Å². The third-order valence-corrected chi connectivity index (χ3v) is 3.82. The smallest absolute Gasteiger partial charge is 0.132 e. The first-order valence-electron chi connectivity index (χ1n) is 7.51. The van der Waals surface area contributed by atoms with Crippen LogP contribution in [-0.4, -0.2) is 35.1 Å². The van der Waals surface area contributed by atoms with Crippen molar-refractivity contribution in [1.82, 2.24) is 15.3 Å². The van der Waals surface area contributed by atoms with Crippen molar-refractivity contribution in [2.75, 3.05) is 18.0 Å². The summed E-state index contributed by atoms with van der Waals surface area (Å²) < 4.78 is 0. The van der Waals surface area contributed by atoms with E-state index in [1.807, 2.05) is 0 Å². The quantitative estimate of drug-likeness (QED) is 0.884. The molecule has 0 amide bonds. The van der Waals surface area contributed by atoms with E-state index in [0.717, 1.165) is 31.0 Å². The zero-order valence-corrected chi connectivity index (χ0v) is 12.4. The maximum Gasteiger partial charge on any atom is 0.132 e. The van der Waals surface area contributed by atoms with Crippen LogP contribution in [0.1, 0.15) is 45.7 Å². The minimum Gasteiger partial charge on any atom is -0.353 e. The molecule has 0 spiro atoms. The Kier molecular flexibility index (Phi) is 5.14. The molecule has 2 heterocycles. The molecule has 1 aliphatic rings. The number of hydrogen-bond donors (Lipinski definition) is 1. The van der Waals surface area contributed by atoms with Crippen molar-refractivity contribution in [2.45, 2.75) is 58.5 Å². The molecule has 1 aromatic heterocycles. The van der Waals surface area contributed by atoms with E-state index in [1.54, 1.807) is 6.33 Å². The molecule has 0 aliphatic carbocycles. The summed E-state index contributed by atoms with van der Waals surface area (Å²) in [4.78, 5) is 11.1. The number of anilines is 1. The molecule has 1 fully saturated rings. The fraction of sp³-hybridized carbons (Fsp3) is 0.733. The highest BCUT2D eigenvalue weighted by atomic mass is 15.2. The fourth-order valence-corrected chi connectivity index (χ4v) is 2.62. The maximum absolute atomic E-state index is 4.46. The molecule has 4 heteroatoms. The molecule has 1 aromatic rings. The van der Waals surface area contributed by atoms with Gasteiger partial charge >= 0.3 is 0 Å². The minimum atomic E-state index is 0.461. The standard InChI is InChI=1S/C15H26N4/c1-4-13-9-15(18-11-17-13)19(12(2)3)10-14-7-5-6-8-16-14/h9,11-12,14,16H,4-8,10H2,1-3H3. The number of aromatic nitrogens is 2. The molecule has 0 saturated carbocycles. The summed E-state index contributed by atoms with van der Waals surface area (Å²) in [6, 6.07) is 3.18. The SMILES string of the molecule is CCc1cc(N(CC2CCCCN2)C(C)C)ncn1. The number of nitrogens with one attached hydrogen (secondary N) is 1. The van der Waals surface area contributed by atoms with E-state index in [4.69, 9.17) is 0 Å². The van der Waals surface area contributed by atoms with Crippen LogP contribution >= 0.6 is 0 Å². The molecule has 1 N–H and O–H groups in total. The average molecular weight is 262 g/mol. The van der Waals surface area contributed by atoms with E-state index in [1.165, 1.54) is 19.3 Å². The van der Waals surface area contributed by atoms with Crippen molar-refractivity contribution < 1.29 is 0 Å². The highest BCUT2D eigenvalue weighted by Crippen LogP contribution is 2.17. The topological polar surface area (TPSA) is 41.0 Å². The maximum atomic E-state index is 4.46. The Labute approximate surface area is 116 Å². The summed E-state index contributed by atoms with van der Waals surface area (Å²) in [5, 5.41) is 3.62. The second-order valence-electron chi connectivity index (χ2n) is 5.61. The van der Waals surface area contributed by atoms with Crippen LogP contribution in [0.3, 0.4) is 0 Å². The van der Waals surface area contributed by atoms with E-state index in [9.17, 15) is 0 Å². The molecular weight excluding hydrogens is 236 g/mol. The van der Waals surface area contributed by atoms with Crippen molar-refractivity contribution in [3.63, 3.8) is 0 Å². The lowest BCUT2D eigenvalue weighted by Crippen LogP contribution is -2.46. The Morgan fingerprint density at radius 3 is 2.84 bits per heavy atom. The second-order valence-corrected chi connectivity index (χ2v) is 5.61. The zero-order valence-electron chi connectivity index (χ0n) is 12.4. The van der Waals surface area contributed by atoms with Crippen LogP contribution in [0.4, 0.5) is 5.82 Å². The summed E-state index contributed by atoms with van der Waals surface area (Å²) in [7, 11) is 0. The van der Waals surface area contributed by atoms with Gasteiger partial charge in [0.25, 0.3) is 0 Å². The van der Waals surface area contributed by atoms with Gasteiger partial charge < -0.3 is 10.2 Å². The lowest BCUT2D eigenvalue weighted by molar-refractivity contribution is 0.392. The van der Waals surface area contributed by atoms with Crippen LogP contribution in [0.25, 0.3) is 0 Å². The van der Waals surface area contributed by atoms with Crippen LogP contribution in [0.15, 0.2) is 12.4 Å². The molecule has 106 valence electrons. The van der Waals surface area contributed by atoms with Gasteiger partial charge in [-0.15, -0.1) is 0 Å². The zero-order chi connectivity index (χ0) is 13.7. The van der Waals surface area contributed by atoms with E-state index in [0.29, 0.717) is 12.1 Å². The lowest BCUT2D eigenvalue weighted by atomic mass is 10.0. The number of nitrogens with zero attached hydrogens (tertiary/aromatic N) is 3. The summed E-state index contributed by atoms with van der Waals surface area (Å²) in [6.45, 7) is 8.79. The first-order chi connectivity index (χ1) is 9.20. The number of hydrogen-bond acceptors (Lipinski definition) is 4. The van der Waals surface area contributed by atoms with Crippen molar-refractivity contribution in [1.29, 1.82) is 0 Å². The monoisotopic (exact) mass is 262 g/mol. The van der Waals surface area contributed by atoms with E-state index < -0.39 is 0 Å².